The van der Waals surface area contributed by atoms with Crippen LogP contribution in [0.4, 0.5) is 0 Å². The van der Waals surface area contributed by atoms with Crippen molar-refractivity contribution in [3.8, 4) is 44.5 Å². The normalized spacial score (nSPS) is 11.8. The Bertz CT molecular complexity index is 3140. The van der Waals surface area contributed by atoms with Gasteiger partial charge in [-0.1, -0.05) is 140 Å². The third-order valence-electron chi connectivity index (χ3n) is 10.6. The first-order valence-corrected chi connectivity index (χ1v) is 19.4. The van der Waals surface area contributed by atoms with Crippen LogP contribution in [-0.4, -0.2) is 0 Å². The van der Waals surface area contributed by atoms with Crippen molar-refractivity contribution in [3.63, 3.8) is 0 Å². The number of hydrogen-bond acceptors (Lipinski definition) is 2. The van der Waals surface area contributed by atoms with Gasteiger partial charge >= 0.3 is 0 Å². The summed E-state index contributed by atoms with van der Waals surface area (Å²) in [5.74, 6) is 0. The molecule has 0 saturated heterocycles. The lowest BCUT2D eigenvalue weighted by atomic mass is 9.95. The SMILES string of the molecule is c1ccc(-c2ccc(-c3ccc(-c4ccc5cc(-c6ccc7cc8c(cc7c6)sc6c7cc9ccccc9cc7sc86)ccc5c4)cc3)cc2)cc1. The van der Waals surface area contributed by atoms with Crippen LogP contribution in [-0.2, 0) is 0 Å². The Hall–Kier alpha value is -6.06. The summed E-state index contributed by atoms with van der Waals surface area (Å²) in [5, 5.41) is 10.5. The maximum Gasteiger partial charge on any atom is 0.0542 e. The van der Waals surface area contributed by atoms with E-state index in [4.69, 9.17) is 0 Å². The van der Waals surface area contributed by atoms with Crippen LogP contribution >= 0.6 is 22.7 Å². The third kappa shape index (κ3) is 4.95. The van der Waals surface area contributed by atoms with Crippen LogP contribution in [0, 0.1) is 0 Å². The van der Waals surface area contributed by atoms with Gasteiger partial charge in [-0.15, -0.1) is 22.7 Å². The fourth-order valence-corrected chi connectivity index (χ4v) is 10.5. The van der Waals surface area contributed by atoms with E-state index in [2.05, 4.69) is 182 Å². The second kappa shape index (κ2) is 11.7. The van der Waals surface area contributed by atoms with Crippen molar-refractivity contribution < 1.29 is 0 Å². The Balaban J connectivity index is 0.881. The van der Waals surface area contributed by atoms with Crippen LogP contribution in [0.1, 0.15) is 0 Å². The third-order valence-corrected chi connectivity index (χ3v) is 13.1. The second-order valence-electron chi connectivity index (χ2n) is 13.8. The summed E-state index contributed by atoms with van der Waals surface area (Å²) in [6, 6.07) is 67.2. The minimum atomic E-state index is 1.23. The molecule has 0 aliphatic heterocycles. The molecule has 2 aromatic heterocycles. The van der Waals surface area contributed by atoms with E-state index in [9.17, 15) is 0 Å². The van der Waals surface area contributed by atoms with Gasteiger partial charge in [-0.25, -0.2) is 0 Å². The van der Waals surface area contributed by atoms with Crippen LogP contribution in [0.25, 0.3) is 106 Å². The molecule has 0 aliphatic carbocycles. The van der Waals surface area contributed by atoms with E-state index in [1.165, 1.54) is 106 Å². The van der Waals surface area contributed by atoms with Crippen LogP contribution in [0.3, 0.4) is 0 Å². The summed E-state index contributed by atoms with van der Waals surface area (Å²) < 4.78 is 5.56. The summed E-state index contributed by atoms with van der Waals surface area (Å²) in [4.78, 5) is 0. The molecule has 0 atom stereocenters. The number of fused-ring (bicyclic) bond motifs is 8. The maximum absolute atomic E-state index is 2.40. The van der Waals surface area contributed by atoms with Crippen LogP contribution in [0.15, 0.2) is 182 Å². The van der Waals surface area contributed by atoms with E-state index in [-0.39, 0.29) is 0 Å². The second-order valence-corrected chi connectivity index (χ2v) is 15.9. The quantitative estimate of drug-likeness (QED) is 0.172. The zero-order valence-corrected chi connectivity index (χ0v) is 29.8. The average Bonchev–Trinajstić information content (AvgIpc) is 3.74. The molecule has 0 fully saturated rings. The van der Waals surface area contributed by atoms with E-state index >= 15 is 0 Å². The van der Waals surface area contributed by atoms with E-state index in [0.717, 1.165) is 0 Å². The molecule has 0 unspecified atom stereocenters. The molecule has 0 N–H and O–H groups in total. The van der Waals surface area contributed by atoms with Gasteiger partial charge in [0.05, 0.1) is 9.40 Å². The first-order valence-electron chi connectivity index (χ1n) is 17.7. The zero-order valence-electron chi connectivity index (χ0n) is 28.1. The molecule has 11 rings (SSSR count). The van der Waals surface area contributed by atoms with E-state index < -0.39 is 0 Å². The smallest absolute Gasteiger partial charge is 0.0542 e. The van der Waals surface area contributed by atoms with Gasteiger partial charge in [0.15, 0.2) is 0 Å². The molecule has 0 nitrogen and oxygen atoms in total. The van der Waals surface area contributed by atoms with Gasteiger partial charge in [-0.2, -0.15) is 0 Å². The first-order chi connectivity index (χ1) is 25.7. The molecule has 0 aliphatic rings. The lowest BCUT2D eigenvalue weighted by Gasteiger charge is -2.09. The molecule has 0 bridgehead atoms. The highest BCUT2D eigenvalue weighted by atomic mass is 32.1. The Labute approximate surface area is 309 Å². The largest absolute Gasteiger partial charge is 0.134 e. The average molecular weight is 695 g/mol. The standard InChI is InChI=1S/C50H30S2/c1-2-6-31(7-3-1)32-10-12-33(13-11-32)34-14-16-35(17-15-34)38-18-19-40-25-41(21-20-39(40)24-38)42-22-23-43-28-46-48(30-44(43)26-42)52-49-45-27-36-8-4-5-9-37(36)29-47(45)51-50(46)49/h1-30H. The topological polar surface area (TPSA) is 0 Å². The summed E-state index contributed by atoms with van der Waals surface area (Å²) in [6.07, 6.45) is 0. The van der Waals surface area contributed by atoms with Crippen LogP contribution in [0.5, 0.6) is 0 Å². The summed E-state index contributed by atoms with van der Waals surface area (Å²) in [5.41, 5.74) is 9.90. The molecule has 242 valence electrons. The minimum absolute atomic E-state index is 1.23. The van der Waals surface area contributed by atoms with E-state index in [0.29, 0.717) is 0 Å². The number of hydrogen-bond donors (Lipinski definition) is 0. The van der Waals surface area contributed by atoms with Crippen molar-refractivity contribution in [1.29, 1.82) is 0 Å². The van der Waals surface area contributed by atoms with Crippen molar-refractivity contribution in [2.45, 2.75) is 0 Å². The van der Waals surface area contributed by atoms with Crippen molar-refractivity contribution in [1.82, 2.24) is 0 Å². The van der Waals surface area contributed by atoms with Crippen molar-refractivity contribution in [2.75, 3.05) is 0 Å². The molecule has 2 heterocycles. The van der Waals surface area contributed by atoms with Crippen LogP contribution < -0.4 is 0 Å². The fourth-order valence-electron chi connectivity index (χ4n) is 7.81. The highest BCUT2D eigenvalue weighted by Gasteiger charge is 2.14. The van der Waals surface area contributed by atoms with Gasteiger partial charge in [0.25, 0.3) is 0 Å². The molecule has 2 heteroatoms. The van der Waals surface area contributed by atoms with Gasteiger partial charge < -0.3 is 0 Å². The Morgan fingerprint density at radius 2 is 0.558 bits per heavy atom. The molecule has 52 heavy (non-hydrogen) atoms. The van der Waals surface area contributed by atoms with Gasteiger partial charge in [-0.05, 0) is 119 Å². The molecule has 0 saturated carbocycles. The lowest BCUT2D eigenvalue weighted by Crippen LogP contribution is -1.84. The van der Waals surface area contributed by atoms with E-state index in [1.54, 1.807) is 0 Å². The van der Waals surface area contributed by atoms with E-state index in [1.807, 2.05) is 22.7 Å². The Kier molecular flexibility index (Phi) is 6.70. The predicted molar refractivity (Wildman–Crippen MR) is 229 cm³/mol. The summed E-state index contributed by atoms with van der Waals surface area (Å²) in [7, 11) is 0. The van der Waals surface area contributed by atoms with Crippen molar-refractivity contribution in [3.05, 3.63) is 182 Å². The van der Waals surface area contributed by atoms with Crippen LogP contribution in [0.2, 0.25) is 0 Å². The van der Waals surface area contributed by atoms with Gasteiger partial charge in [-0.3, -0.25) is 0 Å². The van der Waals surface area contributed by atoms with Gasteiger partial charge in [0.1, 0.15) is 0 Å². The molecule has 0 amide bonds. The highest BCUT2D eigenvalue weighted by Crippen LogP contribution is 2.46. The zero-order chi connectivity index (χ0) is 34.2. The highest BCUT2D eigenvalue weighted by molar-refractivity contribution is 7.36. The summed E-state index contributed by atoms with van der Waals surface area (Å²) in [6.45, 7) is 0. The molecule has 11 aromatic rings. The first kappa shape index (κ1) is 29.6. The van der Waals surface area contributed by atoms with Gasteiger partial charge in [0.2, 0.25) is 0 Å². The molecule has 9 aromatic carbocycles. The molecular formula is C50H30S2. The van der Waals surface area contributed by atoms with Crippen molar-refractivity contribution >= 4 is 84.6 Å². The number of rotatable bonds is 4. The monoisotopic (exact) mass is 694 g/mol. The fraction of sp³-hybridized carbons (Fsp3) is 0. The predicted octanol–water partition coefficient (Wildman–Crippen LogP) is 15.4. The molecule has 0 spiro atoms. The Morgan fingerprint density at radius 3 is 1.08 bits per heavy atom. The van der Waals surface area contributed by atoms with Gasteiger partial charge in [0, 0.05) is 20.2 Å². The molecule has 0 radical (unpaired) electrons. The Morgan fingerprint density at radius 1 is 0.231 bits per heavy atom. The lowest BCUT2D eigenvalue weighted by molar-refractivity contribution is 1.58. The summed E-state index contributed by atoms with van der Waals surface area (Å²) >= 11 is 3.87. The minimum Gasteiger partial charge on any atom is -0.134 e. The number of benzene rings is 9. The maximum atomic E-state index is 2.40. The van der Waals surface area contributed by atoms with Crippen molar-refractivity contribution in [2.24, 2.45) is 0 Å². The number of thiophene rings is 2. The molecular weight excluding hydrogens is 665 g/mol.